The molecule has 0 aliphatic carbocycles. The van der Waals surface area contributed by atoms with Crippen molar-refractivity contribution in [3.8, 4) is 5.75 Å². The van der Waals surface area contributed by atoms with Crippen molar-refractivity contribution in [1.29, 1.82) is 0 Å². The van der Waals surface area contributed by atoms with E-state index in [-0.39, 0.29) is 0 Å². The van der Waals surface area contributed by atoms with Crippen molar-refractivity contribution in [2.24, 2.45) is 0 Å². The van der Waals surface area contributed by atoms with E-state index < -0.39 is 6.10 Å². The van der Waals surface area contributed by atoms with Gasteiger partial charge in [0.15, 0.2) is 0 Å². The number of aryl methyl sites for hydroxylation is 1. The SMILES string of the molecule is COc1c(Br)cc(Cl)cc1C(O)c1ccccc1C. The van der Waals surface area contributed by atoms with Gasteiger partial charge in [0.05, 0.1) is 11.6 Å². The first-order valence-electron chi connectivity index (χ1n) is 5.81. The Morgan fingerprint density at radius 2 is 1.89 bits per heavy atom. The van der Waals surface area contributed by atoms with Crippen molar-refractivity contribution >= 4 is 27.5 Å². The molecule has 2 aromatic carbocycles. The zero-order chi connectivity index (χ0) is 14.0. The largest absolute Gasteiger partial charge is 0.495 e. The number of benzene rings is 2. The fourth-order valence-corrected chi connectivity index (χ4v) is 3.06. The Labute approximate surface area is 126 Å². The van der Waals surface area contributed by atoms with Gasteiger partial charge in [0, 0.05) is 10.6 Å². The molecule has 19 heavy (non-hydrogen) atoms. The lowest BCUT2D eigenvalue weighted by molar-refractivity contribution is 0.214. The van der Waals surface area contributed by atoms with E-state index in [0.29, 0.717) is 16.3 Å². The molecule has 1 N–H and O–H groups in total. The van der Waals surface area contributed by atoms with Crippen LogP contribution in [0.2, 0.25) is 5.02 Å². The van der Waals surface area contributed by atoms with Crippen molar-refractivity contribution in [3.05, 3.63) is 62.6 Å². The summed E-state index contributed by atoms with van der Waals surface area (Å²) < 4.78 is 6.08. The molecule has 0 bridgehead atoms. The highest BCUT2D eigenvalue weighted by atomic mass is 79.9. The summed E-state index contributed by atoms with van der Waals surface area (Å²) in [5, 5.41) is 11.1. The van der Waals surface area contributed by atoms with E-state index in [1.54, 1.807) is 19.2 Å². The van der Waals surface area contributed by atoms with E-state index in [4.69, 9.17) is 16.3 Å². The van der Waals surface area contributed by atoms with E-state index in [2.05, 4.69) is 15.9 Å². The molecule has 0 heterocycles. The number of hydrogen-bond acceptors (Lipinski definition) is 2. The molecule has 0 spiro atoms. The predicted molar refractivity (Wildman–Crippen MR) is 80.9 cm³/mol. The lowest BCUT2D eigenvalue weighted by Crippen LogP contribution is -2.04. The van der Waals surface area contributed by atoms with Gasteiger partial charge < -0.3 is 9.84 Å². The van der Waals surface area contributed by atoms with Gasteiger partial charge in [-0.2, -0.15) is 0 Å². The Kier molecular flexibility index (Phi) is 4.50. The van der Waals surface area contributed by atoms with Gasteiger partial charge >= 0.3 is 0 Å². The van der Waals surface area contributed by atoms with Crippen LogP contribution in [0.15, 0.2) is 40.9 Å². The predicted octanol–water partition coefficient (Wildman–Crippen LogP) is 4.50. The van der Waals surface area contributed by atoms with Gasteiger partial charge in [-0.3, -0.25) is 0 Å². The van der Waals surface area contributed by atoms with Gasteiger partial charge in [-0.1, -0.05) is 35.9 Å². The second-order valence-corrected chi connectivity index (χ2v) is 5.56. The lowest BCUT2D eigenvalue weighted by Gasteiger charge is -2.18. The summed E-state index contributed by atoms with van der Waals surface area (Å²) >= 11 is 9.45. The summed E-state index contributed by atoms with van der Waals surface area (Å²) in [5.41, 5.74) is 2.51. The summed E-state index contributed by atoms with van der Waals surface area (Å²) in [6, 6.07) is 11.2. The minimum atomic E-state index is -0.772. The van der Waals surface area contributed by atoms with Gasteiger partial charge in [0.2, 0.25) is 0 Å². The molecule has 2 nitrogen and oxygen atoms in total. The molecule has 2 rings (SSSR count). The Morgan fingerprint density at radius 3 is 2.53 bits per heavy atom. The highest BCUT2D eigenvalue weighted by molar-refractivity contribution is 9.10. The number of ether oxygens (including phenoxy) is 1. The molecule has 1 unspecified atom stereocenters. The number of rotatable bonds is 3. The van der Waals surface area contributed by atoms with Crippen molar-refractivity contribution in [2.45, 2.75) is 13.0 Å². The number of hydrogen-bond donors (Lipinski definition) is 1. The first kappa shape index (κ1) is 14.4. The molecule has 0 saturated carbocycles. The summed E-state index contributed by atoms with van der Waals surface area (Å²) in [4.78, 5) is 0. The molecular weight excluding hydrogens is 328 g/mol. The fraction of sp³-hybridized carbons (Fsp3) is 0.200. The smallest absolute Gasteiger partial charge is 0.139 e. The molecule has 2 aromatic rings. The molecule has 0 aliphatic rings. The van der Waals surface area contributed by atoms with Gasteiger partial charge in [0.25, 0.3) is 0 Å². The Bertz CT molecular complexity index is 599. The van der Waals surface area contributed by atoms with Crippen molar-refractivity contribution in [1.82, 2.24) is 0 Å². The average molecular weight is 342 g/mol. The van der Waals surface area contributed by atoms with Gasteiger partial charge in [-0.15, -0.1) is 0 Å². The van der Waals surface area contributed by atoms with Crippen LogP contribution in [0, 0.1) is 6.92 Å². The second-order valence-electron chi connectivity index (χ2n) is 4.27. The molecule has 0 radical (unpaired) electrons. The van der Waals surface area contributed by atoms with Crippen molar-refractivity contribution in [2.75, 3.05) is 7.11 Å². The van der Waals surface area contributed by atoms with E-state index in [0.717, 1.165) is 15.6 Å². The van der Waals surface area contributed by atoms with Gasteiger partial charge in [-0.25, -0.2) is 0 Å². The third-order valence-electron chi connectivity index (χ3n) is 3.02. The normalized spacial score (nSPS) is 12.3. The lowest BCUT2D eigenvalue weighted by atomic mass is 9.97. The van der Waals surface area contributed by atoms with Crippen LogP contribution in [-0.2, 0) is 0 Å². The number of halogens is 2. The summed E-state index contributed by atoms with van der Waals surface area (Å²) in [6.07, 6.45) is -0.772. The fourth-order valence-electron chi connectivity index (χ4n) is 2.06. The summed E-state index contributed by atoms with van der Waals surface area (Å²) in [7, 11) is 1.57. The maximum atomic E-state index is 10.6. The van der Waals surface area contributed by atoms with E-state index >= 15 is 0 Å². The van der Waals surface area contributed by atoms with Crippen LogP contribution in [0.1, 0.15) is 22.8 Å². The van der Waals surface area contributed by atoms with E-state index in [9.17, 15) is 5.11 Å². The molecule has 100 valence electrons. The quantitative estimate of drug-likeness (QED) is 0.890. The second kappa shape index (κ2) is 5.95. The molecule has 4 heteroatoms. The molecule has 0 saturated heterocycles. The first-order valence-corrected chi connectivity index (χ1v) is 6.98. The van der Waals surface area contributed by atoms with Crippen LogP contribution in [0.5, 0.6) is 5.75 Å². The van der Waals surface area contributed by atoms with Crippen molar-refractivity contribution in [3.63, 3.8) is 0 Å². The number of methoxy groups -OCH3 is 1. The topological polar surface area (TPSA) is 29.5 Å². The van der Waals surface area contributed by atoms with E-state index in [1.165, 1.54) is 0 Å². The third-order valence-corrected chi connectivity index (χ3v) is 3.83. The van der Waals surface area contributed by atoms with Gasteiger partial charge in [-0.05, 0) is 46.1 Å². The monoisotopic (exact) mass is 340 g/mol. The first-order chi connectivity index (χ1) is 9.04. The van der Waals surface area contributed by atoms with Crippen LogP contribution in [-0.4, -0.2) is 12.2 Å². The van der Waals surface area contributed by atoms with Crippen molar-refractivity contribution < 1.29 is 9.84 Å². The molecule has 0 amide bonds. The Hall–Kier alpha value is -1.03. The number of aliphatic hydroxyl groups is 1. The maximum absolute atomic E-state index is 10.6. The minimum absolute atomic E-state index is 0.551. The zero-order valence-corrected chi connectivity index (χ0v) is 13.0. The summed E-state index contributed by atoms with van der Waals surface area (Å²) in [6.45, 7) is 1.96. The maximum Gasteiger partial charge on any atom is 0.139 e. The average Bonchev–Trinajstić information content (AvgIpc) is 2.37. The van der Waals surface area contributed by atoms with Crippen LogP contribution in [0.4, 0.5) is 0 Å². The molecule has 0 aromatic heterocycles. The standard InChI is InChI=1S/C15H14BrClO2/c1-9-5-3-4-6-11(9)14(18)12-7-10(17)8-13(16)15(12)19-2/h3-8,14,18H,1-2H3. The zero-order valence-electron chi connectivity index (χ0n) is 10.7. The van der Waals surface area contributed by atoms with E-state index in [1.807, 2.05) is 31.2 Å². The van der Waals surface area contributed by atoms with Crippen LogP contribution in [0.25, 0.3) is 0 Å². The molecule has 0 aliphatic heterocycles. The number of aliphatic hydroxyl groups excluding tert-OH is 1. The summed E-state index contributed by atoms with van der Waals surface area (Å²) in [5.74, 6) is 0.597. The van der Waals surface area contributed by atoms with Crippen LogP contribution in [0.3, 0.4) is 0 Å². The van der Waals surface area contributed by atoms with Crippen LogP contribution >= 0.6 is 27.5 Å². The molecular formula is C15H14BrClO2. The third kappa shape index (κ3) is 2.94. The molecule has 1 atom stereocenters. The van der Waals surface area contributed by atoms with Gasteiger partial charge in [0.1, 0.15) is 11.9 Å². The van der Waals surface area contributed by atoms with Crippen LogP contribution < -0.4 is 4.74 Å². The molecule has 0 fully saturated rings. The Morgan fingerprint density at radius 1 is 1.21 bits per heavy atom. The Balaban J connectivity index is 2.55. The highest BCUT2D eigenvalue weighted by Crippen LogP contribution is 2.38. The minimum Gasteiger partial charge on any atom is -0.495 e. The highest BCUT2D eigenvalue weighted by Gasteiger charge is 2.19.